The van der Waals surface area contributed by atoms with E-state index in [0.29, 0.717) is 5.69 Å². The number of carbonyl (C=O) groups is 1. The van der Waals surface area contributed by atoms with Crippen molar-refractivity contribution in [1.82, 2.24) is 4.98 Å². The van der Waals surface area contributed by atoms with E-state index < -0.39 is 0 Å². The van der Waals surface area contributed by atoms with Crippen LogP contribution in [0.25, 0.3) is 0 Å². The Bertz CT molecular complexity index is 296. The molecule has 0 saturated carbocycles. The number of hydrogen-bond acceptors (Lipinski definition) is 2. The van der Waals surface area contributed by atoms with Gasteiger partial charge in [0, 0.05) is 10.2 Å². The van der Waals surface area contributed by atoms with Gasteiger partial charge in [0.25, 0.3) is 0 Å². The summed E-state index contributed by atoms with van der Waals surface area (Å²) in [5.41, 5.74) is 2.26. The second kappa shape index (κ2) is 3.13. The molecule has 1 rings (SSSR count). The normalized spacial score (nSPS) is 9.73. The van der Waals surface area contributed by atoms with Crippen molar-refractivity contribution in [2.75, 3.05) is 0 Å². The maximum atomic E-state index is 10.4. The molecule has 58 valence electrons. The lowest BCUT2D eigenvalue weighted by Gasteiger charge is -2.01. The van der Waals surface area contributed by atoms with Gasteiger partial charge in [-0.3, -0.25) is 4.79 Å². The average molecular weight is 214 g/mol. The summed E-state index contributed by atoms with van der Waals surface area (Å²) in [6.07, 6.45) is 0.771. The predicted octanol–water partition coefficient (Wildman–Crippen LogP) is 2.27. The fourth-order valence-corrected chi connectivity index (χ4v) is 1.37. The zero-order valence-electron chi connectivity index (χ0n) is 6.39. The molecule has 0 unspecified atom stereocenters. The molecular formula is C8H8BrNO. The first-order chi connectivity index (χ1) is 5.15. The highest BCUT2D eigenvalue weighted by Gasteiger charge is 2.02. The minimum absolute atomic E-state index is 0.511. The first-order valence-electron chi connectivity index (χ1n) is 3.24. The quantitative estimate of drug-likeness (QED) is 0.671. The molecule has 0 spiro atoms. The molecule has 1 heterocycles. The van der Waals surface area contributed by atoms with Crippen LogP contribution in [0.4, 0.5) is 0 Å². The van der Waals surface area contributed by atoms with Gasteiger partial charge in [0.15, 0.2) is 6.29 Å². The molecule has 0 aliphatic carbocycles. The second-order valence-electron chi connectivity index (χ2n) is 2.37. The lowest BCUT2D eigenvalue weighted by Crippen LogP contribution is -1.94. The molecule has 1 aromatic heterocycles. The van der Waals surface area contributed by atoms with Crippen LogP contribution in [0.5, 0.6) is 0 Å². The molecule has 11 heavy (non-hydrogen) atoms. The second-order valence-corrected chi connectivity index (χ2v) is 3.23. The summed E-state index contributed by atoms with van der Waals surface area (Å²) < 4.78 is 0.937. The van der Waals surface area contributed by atoms with E-state index in [1.54, 1.807) is 0 Å². The monoisotopic (exact) mass is 213 g/mol. The summed E-state index contributed by atoms with van der Waals surface area (Å²) in [6, 6.07) is 1.89. The van der Waals surface area contributed by atoms with Crippen LogP contribution in [-0.4, -0.2) is 11.3 Å². The fourth-order valence-electron chi connectivity index (χ4n) is 0.835. The van der Waals surface area contributed by atoms with Crippen molar-refractivity contribution in [2.24, 2.45) is 0 Å². The molecule has 0 aromatic carbocycles. The third-order valence-corrected chi connectivity index (χ3v) is 2.31. The van der Waals surface area contributed by atoms with Gasteiger partial charge in [-0.2, -0.15) is 0 Å². The third-order valence-electron chi connectivity index (χ3n) is 1.49. The number of rotatable bonds is 1. The lowest BCUT2D eigenvalue weighted by molar-refractivity contribution is 0.111. The van der Waals surface area contributed by atoms with Crippen LogP contribution in [0.15, 0.2) is 10.5 Å². The van der Waals surface area contributed by atoms with E-state index in [1.165, 1.54) is 0 Å². The van der Waals surface area contributed by atoms with Gasteiger partial charge in [0.1, 0.15) is 5.69 Å². The van der Waals surface area contributed by atoms with Gasteiger partial charge in [0.05, 0.1) is 0 Å². The Morgan fingerprint density at radius 3 is 2.73 bits per heavy atom. The first kappa shape index (κ1) is 8.40. The molecule has 0 aliphatic heterocycles. The van der Waals surface area contributed by atoms with Crippen LogP contribution in [0.3, 0.4) is 0 Å². The number of hydrogen-bond donors (Lipinski definition) is 0. The molecule has 0 aliphatic rings. The van der Waals surface area contributed by atoms with E-state index in [9.17, 15) is 4.79 Å². The average Bonchev–Trinajstić information content (AvgIpc) is 1.96. The Kier molecular flexibility index (Phi) is 2.39. The minimum Gasteiger partial charge on any atom is -0.296 e. The van der Waals surface area contributed by atoms with Gasteiger partial charge in [-0.05, 0) is 25.5 Å². The number of nitrogens with zero attached hydrogens (tertiary/aromatic N) is 1. The van der Waals surface area contributed by atoms with Gasteiger partial charge in [-0.1, -0.05) is 15.9 Å². The summed E-state index contributed by atoms with van der Waals surface area (Å²) in [7, 11) is 0. The Morgan fingerprint density at radius 1 is 1.55 bits per heavy atom. The molecule has 0 fully saturated rings. The number of halogens is 1. The number of carbonyl (C=O) groups excluding carboxylic acids is 1. The van der Waals surface area contributed by atoms with Crippen LogP contribution in [0, 0.1) is 13.8 Å². The van der Waals surface area contributed by atoms with Gasteiger partial charge < -0.3 is 0 Å². The first-order valence-corrected chi connectivity index (χ1v) is 4.03. The van der Waals surface area contributed by atoms with Crippen molar-refractivity contribution >= 4 is 22.2 Å². The summed E-state index contributed by atoms with van der Waals surface area (Å²) in [6.45, 7) is 3.72. The highest BCUT2D eigenvalue weighted by molar-refractivity contribution is 9.10. The summed E-state index contributed by atoms with van der Waals surface area (Å²) in [4.78, 5) is 14.5. The van der Waals surface area contributed by atoms with Crippen LogP contribution in [0.1, 0.15) is 21.7 Å². The summed E-state index contributed by atoms with van der Waals surface area (Å²) >= 11 is 3.34. The number of pyridine rings is 1. The predicted molar refractivity (Wildman–Crippen MR) is 46.8 cm³/mol. The highest BCUT2D eigenvalue weighted by Crippen LogP contribution is 2.17. The zero-order valence-corrected chi connectivity index (χ0v) is 7.97. The van der Waals surface area contributed by atoms with Crippen LogP contribution in [-0.2, 0) is 0 Å². The van der Waals surface area contributed by atoms with Crippen LogP contribution in [0.2, 0.25) is 0 Å². The van der Waals surface area contributed by atoms with Crippen molar-refractivity contribution in [3.05, 3.63) is 27.5 Å². The van der Waals surface area contributed by atoms with E-state index in [0.717, 1.165) is 22.0 Å². The Hall–Kier alpha value is -0.700. The maximum absolute atomic E-state index is 10.4. The zero-order chi connectivity index (χ0) is 8.43. The Labute approximate surface area is 73.8 Å². The topological polar surface area (TPSA) is 30.0 Å². The smallest absolute Gasteiger partial charge is 0.168 e. The van der Waals surface area contributed by atoms with E-state index in [4.69, 9.17) is 0 Å². The van der Waals surface area contributed by atoms with E-state index in [1.807, 2.05) is 19.9 Å². The van der Waals surface area contributed by atoms with Gasteiger partial charge >= 0.3 is 0 Å². The molecule has 0 bridgehead atoms. The number of aromatic nitrogens is 1. The third kappa shape index (κ3) is 1.66. The molecule has 0 N–H and O–H groups in total. The highest BCUT2D eigenvalue weighted by atomic mass is 79.9. The van der Waals surface area contributed by atoms with E-state index in [2.05, 4.69) is 20.9 Å². The van der Waals surface area contributed by atoms with E-state index >= 15 is 0 Å². The van der Waals surface area contributed by atoms with Crippen molar-refractivity contribution in [3.8, 4) is 0 Å². The Balaban J connectivity index is 3.35. The van der Waals surface area contributed by atoms with Crippen molar-refractivity contribution < 1.29 is 4.79 Å². The lowest BCUT2D eigenvalue weighted by atomic mass is 10.2. The standard InChI is InChI=1S/C8H8BrNO/c1-5-3-7(9)6(2)8(4-11)10-5/h3-4H,1-2H3. The van der Waals surface area contributed by atoms with E-state index in [-0.39, 0.29) is 0 Å². The SMILES string of the molecule is Cc1cc(Br)c(C)c(C=O)n1. The van der Waals surface area contributed by atoms with Gasteiger partial charge in [-0.15, -0.1) is 0 Å². The van der Waals surface area contributed by atoms with Gasteiger partial charge in [-0.25, -0.2) is 4.98 Å². The molecule has 0 amide bonds. The van der Waals surface area contributed by atoms with Crippen molar-refractivity contribution in [3.63, 3.8) is 0 Å². The van der Waals surface area contributed by atoms with Crippen LogP contribution < -0.4 is 0 Å². The van der Waals surface area contributed by atoms with Crippen LogP contribution >= 0.6 is 15.9 Å². The number of aryl methyl sites for hydroxylation is 1. The molecule has 3 heteroatoms. The largest absolute Gasteiger partial charge is 0.296 e. The molecule has 0 radical (unpaired) electrons. The Morgan fingerprint density at radius 2 is 2.18 bits per heavy atom. The number of aldehydes is 1. The van der Waals surface area contributed by atoms with Crippen molar-refractivity contribution in [2.45, 2.75) is 13.8 Å². The minimum atomic E-state index is 0.511. The van der Waals surface area contributed by atoms with Crippen molar-refractivity contribution in [1.29, 1.82) is 0 Å². The molecule has 2 nitrogen and oxygen atoms in total. The molecule has 1 aromatic rings. The molecule has 0 saturated heterocycles. The molecular weight excluding hydrogens is 206 g/mol. The fraction of sp³-hybridized carbons (Fsp3) is 0.250. The maximum Gasteiger partial charge on any atom is 0.168 e. The van der Waals surface area contributed by atoms with Gasteiger partial charge in [0.2, 0.25) is 0 Å². The molecule has 0 atom stereocenters. The summed E-state index contributed by atoms with van der Waals surface area (Å²) in [5.74, 6) is 0. The summed E-state index contributed by atoms with van der Waals surface area (Å²) in [5, 5.41) is 0.